The summed E-state index contributed by atoms with van der Waals surface area (Å²) in [4.78, 5) is 0. The summed E-state index contributed by atoms with van der Waals surface area (Å²) in [6.07, 6.45) is 13.5. The molecule has 1 aliphatic rings. The predicted molar refractivity (Wildman–Crippen MR) is 58.8 cm³/mol. The lowest BCUT2D eigenvalue weighted by Gasteiger charge is -2.23. The van der Waals surface area contributed by atoms with E-state index in [-0.39, 0.29) is 5.54 Å². The minimum Gasteiger partial charge on any atom is -0.325 e. The van der Waals surface area contributed by atoms with Crippen LogP contribution in [-0.2, 0) is 0 Å². The van der Waals surface area contributed by atoms with Crippen LogP contribution in [0.4, 0.5) is 0 Å². The molecule has 0 saturated heterocycles. The van der Waals surface area contributed by atoms with Crippen LogP contribution in [0.25, 0.3) is 0 Å². The van der Waals surface area contributed by atoms with Crippen molar-refractivity contribution in [2.75, 3.05) is 0 Å². The first kappa shape index (κ1) is 11.0. The summed E-state index contributed by atoms with van der Waals surface area (Å²) in [7, 11) is 0. The van der Waals surface area contributed by atoms with Crippen molar-refractivity contribution in [3.63, 3.8) is 0 Å². The zero-order valence-corrected chi connectivity index (χ0v) is 9.15. The Bertz CT molecular complexity index is 125. The molecule has 0 spiro atoms. The van der Waals surface area contributed by atoms with Crippen LogP contribution in [0.15, 0.2) is 0 Å². The summed E-state index contributed by atoms with van der Waals surface area (Å²) in [6, 6.07) is 0. The van der Waals surface area contributed by atoms with Crippen LogP contribution in [-0.4, -0.2) is 5.54 Å². The third-order valence-corrected chi connectivity index (χ3v) is 3.38. The molecule has 0 aromatic heterocycles. The highest BCUT2D eigenvalue weighted by atomic mass is 14.7. The Morgan fingerprint density at radius 1 is 1.00 bits per heavy atom. The molecule has 0 amide bonds. The zero-order chi connectivity index (χ0) is 9.57. The monoisotopic (exact) mass is 183 g/mol. The van der Waals surface area contributed by atoms with Crippen LogP contribution in [0.3, 0.4) is 0 Å². The number of nitrogens with two attached hydrogens (primary N) is 1. The maximum atomic E-state index is 6.27. The molecule has 0 radical (unpaired) electrons. The Kier molecular flexibility index (Phi) is 4.79. The molecule has 1 fully saturated rings. The molecule has 0 heterocycles. The third-order valence-electron chi connectivity index (χ3n) is 3.38. The van der Waals surface area contributed by atoms with Crippen molar-refractivity contribution in [1.82, 2.24) is 0 Å². The van der Waals surface area contributed by atoms with Gasteiger partial charge in [-0.3, -0.25) is 0 Å². The van der Waals surface area contributed by atoms with E-state index in [0.717, 1.165) is 0 Å². The van der Waals surface area contributed by atoms with Crippen LogP contribution >= 0.6 is 0 Å². The Morgan fingerprint density at radius 2 is 1.62 bits per heavy atom. The molecule has 2 N–H and O–H groups in total. The average molecular weight is 183 g/mol. The number of hydrogen-bond donors (Lipinski definition) is 1. The molecular formula is C12H25N. The van der Waals surface area contributed by atoms with Crippen molar-refractivity contribution in [2.45, 2.75) is 76.7 Å². The number of rotatable bonds is 6. The number of unbranched alkanes of at least 4 members (excludes halogenated alkanes) is 4. The van der Waals surface area contributed by atoms with Gasteiger partial charge in [0.25, 0.3) is 0 Å². The Morgan fingerprint density at radius 3 is 2.23 bits per heavy atom. The van der Waals surface area contributed by atoms with E-state index in [1.807, 2.05) is 0 Å². The fraction of sp³-hybridized carbons (Fsp3) is 1.00. The van der Waals surface area contributed by atoms with Crippen molar-refractivity contribution < 1.29 is 0 Å². The van der Waals surface area contributed by atoms with E-state index in [1.165, 1.54) is 64.2 Å². The van der Waals surface area contributed by atoms with Crippen LogP contribution < -0.4 is 5.73 Å². The van der Waals surface area contributed by atoms with Crippen molar-refractivity contribution in [2.24, 2.45) is 5.73 Å². The first-order chi connectivity index (χ1) is 6.27. The third kappa shape index (κ3) is 4.12. The van der Waals surface area contributed by atoms with Gasteiger partial charge in [0, 0.05) is 5.54 Å². The topological polar surface area (TPSA) is 26.0 Å². The first-order valence-electron chi connectivity index (χ1n) is 6.06. The lowest BCUT2D eigenvalue weighted by molar-refractivity contribution is 0.384. The molecule has 0 aromatic rings. The molecule has 1 heteroatoms. The van der Waals surface area contributed by atoms with E-state index in [0.29, 0.717) is 0 Å². The van der Waals surface area contributed by atoms with E-state index >= 15 is 0 Å². The highest BCUT2D eigenvalue weighted by Gasteiger charge is 2.27. The lowest BCUT2D eigenvalue weighted by Crippen LogP contribution is -2.35. The molecule has 78 valence electrons. The minimum atomic E-state index is 0.242. The molecule has 1 saturated carbocycles. The second kappa shape index (κ2) is 5.64. The average Bonchev–Trinajstić information content (AvgIpc) is 2.53. The lowest BCUT2D eigenvalue weighted by atomic mass is 9.91. The van der Waals surface area contributed by atoms with Crippen LogP contribution in [0.2, 0.25) is 0 Å². The number of hydrogen-bond acceptors (Lipinski definition) is 1. The normalized spacial score (nSPS) is 20.8. The van der Waals surface area contributed by atoms with Gasteiger partial charge in [0.05, 0.1) is 0 Å². The Hall–Kier alpha value is -0.0400. The van der Waals surface area contributed by atoms with Crippen molar-refractivity contribution >= 4 is 0 Å². The fourth-order valence-electron chi connectivity index (χ4n) is 2.41. The van der Waals surface area contributed by atoms with E-state index in [2.05, 4.69) is 6.92 Å². The van der Waals surface area contributed by atoms with Crippen LogP contribution in [0.5, 0.6) is 0 Å². The highest BCUT2D eigenvalue weighted by molar-refractivity contribution is 4.88. The first-order valence-corrected chi connectivity index (χ1v) is 6.06. The highest BCUT2D eigenvalue weighted by Crippen LogP contribution is 2.31. The van der Waals surface area contributed by atoms with Gasteiger partial charge >= 0.3 is 0 Å². The molecule has 0 aliphatic heterocycles. The van der Waals surface area contributed by atoms with E-state index in [1.54, 1.807) is 0 Å². The summed E-state index contributed by atoms with van der Waals surface area (Å²) >= 11 is 0. The van der Waals surface area contributed by atoms with Gasteiger partial charge in [0.2, 0.25) is 0 Å². The molecule has 0 aromatic carbocycles. The summed E-state index contributed by atoms with van der Waals surface area (Å²) in [5.74, 6) is 0. The van der Waals surface area contributed by atoms with Gasteiger partial charge in [0.15, 0.2) is 0 Å². The smallest absolute Gasteiger partial charge is 0.0154 e. The molecule has 1 aliphatic carbocycles. The predicted octanol–water partition coefficient (Wildman–Crippen LogP) is 3.62. The summed E-state index contributed by atoms with van der Waals surface area (Å²) in [5, 5.41) is 0. The van der Waals surface area contributed by atoms with Gasteiger partial charge in [-0.05, 0) is 19.3 Å². The zero-order valence-electron chi connectivity index (χ0n) is 9.15. The largest absolute Gasteiger partial charge is 0.325 e. The second-order valence-corrected chi connectivity index (χ2v) is 4.73. The van der Waals surface area contributed by atoms with Gasteiger partial charge in [-0.25, -0.2) is 0 Å². The quantitative estimate of drug-likeness (QED) is 0.625. The summed E-state index contributed by atoms with van der Waals surface area (Å²) in [6.45, 7) is 2.27. The fourth-order valence-corrected chi connectivity index (χ4v) is 2.41. The van der Waals surface area contributed by atoms with Crippen molar-refractivity contribution in [3.8, 4) is 0 Å². The Labute approximate surface area is 83.1 Å². The van der Waals surface area contributed by atoms with Crippen molar-refractivity contribution in [1.29, 1.82) is 0 Å². The molecular weight excluding hydrogens is 158 g/mol. The molecule has 0 unspecified atom stereocenters. The molecule has 13 heavy (non-hydrogen) atoms. The van der Waals surface area contributed by atoms with Gasteiger partial charge in [-0.2, -0.15) is 0 Å². The van der Waals surface area contributed by atoms with Gasteiger partial charge in [0.1, 0.15) is 0 Å². The summed E-state index contributed by atoms with van der Waals surface area (Å²) in [5.41, 5.74) is 6.52. The van der Waals surface area contributed by atoms with Crippen LogP contribution in [0, 0.1) is 0 Å². The van der Waals surface area contributed by atoms with Gasteiger partial charge in [-0.1, -0.05) is 51.9 Å². The second-order valence-electron chi connectivity index (χ2n) is 4.73. The molecule has 1 nitrogen and oxygen atoms in total. The van der Waals surface area contributed by atoms with E-state index in [9.17, 15) is 0 Å². The maximum Gasteiger partial charge on any atom is 0.0154 e. The maximum absolute atomic E-state index is 6.27. The van der Waals surface area contributed by atoms with E-state index < -0.39 is 0 Å². The molecule has 1 rings (SSSR count). The molecule has 0 bridgehead atoms. The SMILES string of the molecule is CCCCCCCC1(N)CCCC1. The Balaban J connectivity index is 1.98. The minimum absolute atomic E-state index is 0.242. The van der Waals surface area contributed by atoms with Crippen molar-refractivity contribution in [3.05, 3.63) is 0 Å². The summed E-state index contributed by atoms with van der Waals surface area (Å²) < 4.78 is 0. The molecule has 0 atom stereocenters. The van der Waals surface area contributed by atoms with Gasteiger partial charge < -0.3 is 5.73 Å². The van der Waals surface area contributed by atoms with Gasteiger partial charge in [-0.15, -0.1) is 0 Å². The van der Waals surface area contributed by atoms with E-state index in [4.69, 9.17) is 5.73 Å². The van der Waals surface area contributed by atoms with Crippen LogP contribution in [0.1, 0.15) is 71.1 Å². The standard InChI is InChI=1S/C12H25N/c1-2-3-4-5-6-9-12(13)10-7-8-11-12/h2-11,13H2,1H3.